The number of amides is 1. The van der Waals surface area contributed by atoms with E-state index in [2.05, 4.69) is 86.8 Å². The summed E-state index contributed by atoms with van der Waals surface area (Å²) < 4.78 is 17.5. The highest BCUT2D eigenvalue weighted by molar-refractivity contribution is 5.80. The van der Waals surface area contributed by atoms with E-state index in [1.54, 1.807) is 6.08 Å². The third kappa shape index (κ3) is 35.0. The molecule has 1 saturated heterocycles. The summed E-state index contributed by atoms with van der Waals surface area (Å²) in [5.74, 6) is -1.24. The van der Waals surface area contributed by atoms with Crippen LogP contribution < -0.4 is 5.32 Å². The zero-order valence-electron chi connectivity index (χ0n) is 43.7. The number of ether oxygens (including phenoxy) is 3. The molecule has 1 amide bonds. The molecule has 0 aliphatic carbocycles. The van der Waals surface area contributed by atoms with Crippen molar-refractivity contribution in [3.63, 3.8) is 0 Å². The van der Waals surface area contributed by atoms with Gasteiger partial charge in [-0.1, -0.05) is 196 Å². The highest BCUT2D eigenvalue weighted by Crippen LogP contribution is 2.26. The first-order valence-electron chi connectivity index (χ1n) is 27.7. The van der Waals surface area contributed by atoms with Crippen LogP contribution in [0, 0.1) is 0 Å². The van der Waals surface area contributed by atoms with Crippen molar-refractivity contribution in [1.29, 1.82) is 0 Å². The van der Waals surface area contributed by atoms with E-state index in [0.717, 1.165) is 96.3 Å². The van der Waals surface area contributed by atoms with Crippen LogP contribution >= 0.6 is 0 Å². The van der Waals surface area contributed by atoms with Crippen molar-refractivity contribution < 1.29 is 49.3 Å². The van der Waals surface area contributed by atoms with Crippen molar-refractivity contribution in [3.8, 4) is 0 Å². The van der Waals surface area contributed by atoms with Gasteiger partial charge in [0.2, 0.25) is 5.91 Å². The van der Waals surface area contributed by atoms with Gasteiger partial charge in [-0.15, -0.1) is 0 Å². The van der Waals surface area contributed by atoms with E-state index in [0.29, 0.717) is 12.8 Å². The van der Waals surface area contributed by atoms with E-state index in [9.17, 15) is 35.1 Å². The Bertz CT molecular complexity index is 1390. The highest BCUT2D eigenvalue weighted by Gasteiger charge is 2.47. The van der Waals surface area contributed by atoms with Gasteiger partial charge >= 0.3 is 5.97 Å². The Hall–Kier alpha value is -2.90. The third-order valence-electron chi connectivity index (χ3n) is 12.6. The summed E-state index contributed by atoms with van der Waals surface area (Å²) in [6.45, 7) is 5.65. The summed E-state index contributed by atoms with van der Waals surface area (Å²) >= 11 is 0. The number of carbonyl (C=O) groups excluding carboxylic acids is 2. The van der Waals surface area contributed by atoms with Crippen LogP contribution in [0.5, 0.6) is 0 Å². The van der Waals surface area contributed by atoms with Crippen molar-refractivity contribution in [2.24, 2.45) is 0 Å². The van der Waals surface area contributed by atoms with Crippen LogP contribution in [-0.2, 0) is 23.8 Å². The van der Waals surface area contributed by atoms with Crippen molar-refractivity contribution in [1.82, 2.24) is 5.32 Å². The number of aliphatic hydroxyl groups is 5. The molecule has 0 aromatic heterocycles. The molecule has 8 unspecified atom stereocenters. The molecule has 0 spiro atoms. The number of unbranched alkanes of at least 4 members (excludes halogenated alkanes) is 21. The van der Waals surface area contributed by atoms with Gasteiger partial charge in [0, 0.05) is 6.42 Å². The van der Waals surface area contributed by atoms with Crippen LogP contribution in [0.2, 0.25) is 0 Å². The third-order valence-corrected chi connectivity index (χ3v) is 12.6. The number of hydrogen-bond acceptors (Lipinski definition) is 10. The number of allylic oxidation sites excluding steroid dienone is 11. The van der Waals surface area contributed by atoms with E-state index in [1.807, 2.05) is 6.08 Å². The molecule has 0 bridgehead atoms. The number of aliphatic hydroxyl groups excluding tert-OH is 5. The predicted octanol–water partition coefficient (Wildman–Crippen LogP) is 12.1. The van der Waals surface area contributed by atoms with Gasteiger partial charge in [0.05, 0.1) is 25.4 Å². The Morgan fingerprint density at radius 2 is 1.01 bits per heavy atom. The monoisotopic (exact) mass is 972 g/mol. The van der Waals surface area contributed by atoms with Gasteiger partial charge in [-0.05, 0) is 89.9 Å². The van der Waals surface area contributed by atoms with Crippen LogP contribution in [0.3, 0.4) is 0 Å². The smallest absolute Gasteiger partial charge is 0.306 e. The molecule has 1 aliphatic heterocycles. The molecule has 0 aromatic carbocycles. The lowest BCUT2D eigenvalue weighted by atomic mass is 9.99. The Labute approximate surface area is 420 Å². The lowest BCUT2D eigenvalue weighted by Crippen LogP contribution is -2.61. The Kier molecular flexibility index (Phi) is 42.9. The summed E-state index contributed by atoms with van der Waals surface area (Å²) in [4.78, 5) is 26.4. The molecule has 1 rings (SSSR count). The fourth-order valence-corrected chi connectivity index (χ4v) is 8.08. The topological polar surface area (TPSA) is 175 Å². The largest absolute Gasteiger partial charge is 0.454 e. The maximum absolute atomic E-state index is 13.3. The Balaban J connectivity index is 2.74. The minimum absolute atomic E-state index is 0.0826. The van der Waals surface area contributed by atoms with Crippen molar-refractivity contribution >= 4 is 11.9 Å². The average molecular weight is 972 g/mol. The molecule has 1 fully saturated rings. The average Bonchev–Trinajstić information content (AvgIpc) is 3.34. The molecule has 8 atom stereocenters. The van der Waals surface area contributed by atoms with E-state index >= 15 is 0 Å². The molecule has 1 heterocycles. The zero-order valence-corrected chi connectivity index (χ0v) is 43.7. The summed E-state index contributed by atoms with van der Waals surface area (Å²) in [5, 5.41) is 56.6. The lowest BCUT2D eigenvalue weighted by Gasteiger charge is -2.41. The minimum Gasteiger partial charge on any atom is -0.454 e. The summed E-state index contributed by atoms with van der Waals surface area (Å²) in [6.07, 6.45) is 46.7. The van der Waals surface area contributed by atoms with Gasteiger partial charge in [-0.3, -0.25) is 9.59 Å². The molecular formula is C58H101NO10. The van der Waals surface area contributed by atoms with Gasteiger partial charge in [0.15, 0.2) is 12.4 Å². The lowest BCUT2D eigenvalue weighted by molar-refractivity contribution is -0.305. The molecule has 11 nitrogen and oxygen atoms in total. The van der Waals surface area contributed by atoms with Gasteiger partial charge < -0.3 is 45.1 Å². The van der Waals surface area contributed by atoms with Crippen molar-refractivity contribution in [3.05, 3.63) is 72.9 Å². The van der Waals surface area contributed by atoms with Gasteiger partial charge in [-0.2, -0.15) is 0 Å². The molecule has 6 N–H and O–H groups in total. The van der Waals surface area contributed by atoms with Gasteiger partial charge in [0.25, 0.3) is 0 Å². The van der Waals surface area contributed by atoms with Crippen LogP contribution in [0.1, 0.15) is 220 Å². The summed E-state index contributed by atoms with van der Waals surface area (Å²) in [5.41, 5.74) is 0. The van der Waals surface area contributed by atoms with E-state index < -0.39 is 67.4 Å². The van der Waals surface area contributed by atoms with Crippen LogP contribution in [0.25, 0.3) is 0 Å². The molecule has 1 aliphatic rings. The van der Waals surface area contributed by atoms with Crippen LogP contribution in [-0.4, -0.2) is 99.6 Å². The predicted molar refractivity (Wildman–Crippen MR) is 283 cm³/mol. The number of rotatable bonds is 45. The first kappa shape index (κ1) is 64.1. The molecule has 0 radical (unpaired) electrons. The molecule has 0 saturated carbocycles. The fourth-order valence-electron chi connectivity index (χ4n) is 8.08. The Morgan fingerprint density at radius 1 is 0.565 bits per heavy atom. The van der Waals surface area contributed by atoms with E-state index in [1.165, 1.54) is 77.0 Å². The van der Waals surface area contributed by atoms with Crippen LogP contribution in [0.4, 0.5) is 0 Å². The quantitative estimate of drug-likeness (QED) is 0.0196. The number of carbonyl (C=O) groups is 2. The van der Waals surface area contributed by atoms with E-state index in [4.69, 9.17) is 14.2 Å². The van der Waals surface area contributed by atoms with Gasteiger partial charge in [-0.25, -0.2) is 0 Å². The van der Waals surface area contributed by atoms with E-state index in [-0.39, 0.29) is 19.4 Å². The number of esters is 1. The molecule has 11 heteroatoms. The first-order chi connectivity index (χ1) is 33.7. The molecule has 398 valence electrons. The van der Waals surface area contributed by atoms with Crippen molar-refractivity contribution in [2.75, 3.05) is 13.2 Å². The maximum atomic E-state index is 13.3. The second kappa shape index (κ2) is 46.2. The number of hydrogen-bond donors (Lipinski definition) is 6. The SMILES string of the molecule is CCCC/C=C\CCCCCCC(O)C(=O)NC(COC1OC(CO)C(O)C(O)C1OC(=O)CCCCC/C=C\C/C=C\C/C=C\C/C=C\CCCCC)C(O)/C=C/CCCCCCCCCCC. The number of nitrogens with one attached hydrogen (secondary N) is 1. The summed E-state index contributed by atoms with van der Waals surface area (Å²) in [6, 6.07) is -1.04. The van der Waals surface area contributed by atoms with Crippen LogP contribution in [0.15, 0.2) is 72.9 Å². The second-order valence-corrected chi connectivity index (χ2v) is 19.0. The molecule has 0 aromatic rings. The fraction of sp³-hybridized carbons (Fsp3) is 0.759. The van der Waals surface area contributed by atoms with Gasteiger partial charge in [0.1, 0.15) is 24.4 Å². The second-order valence-electron chi connectivity index (χ2n) is 19.0. The Morgan fingerprint density at radius 3 is 1.58 bits per heavy atom. The highest BCUT2D eigenvalue weighted by atomic mass is 16.7. The minimum atomic E-state index is -1.63. The maximum Gasteiger partial charge on any atom is 0.306 e. The zero-order chi connectivity index (χ0) is 50.4. The summed E-state index contributed by atoms with van der Waals surface area (Å²) in [7, 11) is 0. The van der Waals surface area contributed by atoms with Crippen molar-refractivity contribution in [2.45, 2.75) is 269 Å². The molecule has 69 heavy (non-hydrogen) atoms. The standard InChI is InChI=1S/C58H101NO10/c1-4-7-10-13-16-19-22-23-24-25-26-27-28-29-31-34-37-40-43-46-53(63)69-56-55(65)54(64)52(47-60)68-58(56)67-48-49(50(61)44-41-38-35-33-30-20-17-14-11-8-5-2)59-57(66)51(62)45-42-39-36-32-21-18-15-12-9-6-3/h15-16,18-19,23-24,26-27,29,31,41,44,49-52,54-56,58,60-62,64-65H,4-14,17,20-22,25,28,30,32-40,42-43,45-48H2,1-3H3,(H,59,66)/b18-15-,19-16-,24-23-,27-26-,31-29-,44-41+. The normalized spacial score (nSPS) is 20.4. The first-order valence-corrected chi connectivity index (χ1v) is 27.7. The molecular weight excluding hydrogens is 871 g/mol.